The molecule has 0 aromatic carbocycles. The Morgan fingerprint density at radius 3 is 1.36 bits per heavy atom. The summed E-state index contributed by atoms with van der Waals surface area (Å²) in [4.78, 5) is 24.2. The second kappa shape index (κ2) is 34.8. The van der Waals surface area contributed by atoms with Gasteiger partial charge in [-0.2, -0.15) is 0 Å². The Bertz CT molecular complexity index is 833. The van der Waals surface area contributed by atoms with Crippen molar-refractivity contribution in [3.63, 3.8) is 0 Å². The van der Waals surface area contributed by atoms with Crippen LogP contribution in [0, 0.1) is 0 Å². The summed E-state index contributed by atoms with van der Waals surface area (Å²) < 4.78 is 10.5. The Hall–Kier alpha value is -2.66. The highest BCUT2D eigenvalue weighted by Crippen LogP contribution is 2.11. The Labute approximate surface area is 270 Å². The number of hydrogen-bond donors (Lipinski definition) is 1. The van der Waals surface area contributed by atoms with Gasteiger partial charge in [0.1, 0.15) is 6.61 Å². The van der Waals surface area contributed by atoms with Crippen LogP contribution in [0.1, 0.15) is 142 Å². The van der Waals surface area contributed by atoms with E-state index in [9.17, 15) is 14.7 Å². The standard InChI is InChI=1S/C39H64O5/c1-3-5-7-9-11-13-15-17-19-21-23-25-27-29-31-33-38(41)43-36-37(35-40)44-39(42)34-32-30-28-26-24-22-20-18-16-14-12-10-8-6-4-2/h5-8,11-14,17-20,37,40H,3-4,9-10,15-16,21-36H2,1-2H3. The molecular formula is C39H64O5. The Kier molecular flexibility index (Phi) is 32.7. The van der Waals surface area contributed by atoms with E-state index in [4.69, 9.17) is 9.47 Å². The molecule has 0 spiro atoms. The third kappa shape index (κ3) is 32.3. The number of allylic oxidation sites excluding steroid dienone is 12. The van der Waals surface area contributed by atoms with Gasteiger partial charge < -0.3 is 14.6 Å². The maximum absolute atomic E-state index is 12.1. The first-order valence-corrected chi connectivity index (χ1v) is 17.5. The van der Waals surface area contributed by atoms with Crippen molar-refractivity contribution in [2.45, 2.75) is 148 Å². The fraction of sp³-hybridized carbons (Fsp3) is 0.641. The molecule has 0 aromatic rings. The van der Waals surface area contributed by atoms with Crippen molar-refractivity contribution in [2.75, 3.05) is 13.2 Å². The molecule has 0 radical (unpaired) electrons. The van der Waals surface area contributed by atoms with Crippen LogP contribution < -0.4 is 0 Å². The lowest BCUT2D eigenvalue weighted by atomic mass is 10.1. The second-order valence-electron chi connectivity index (χ2n) is 11.2. The molecule has 0 fully saturated rings. The largest absolute Gasteiger partial charge is 0.462 e. The monoisotopic (exact) mass is 612 g/mol. The van der Waals surface area contributed by atoms with E-state index in [0.29, 0.717) is 12.8 Å². The van der Waals surface area contributed by atoms with Gasteiger partial charge in [0, 0.05) is 12.8 Å². The normalized spacial score (nSPS) is 13.1. The summed E-state index contributed by atoms with van der Waals surface area (Å²) in [5, 5.41) is 9.52. The van der Waals surface area contributed by atoms with Gasteiger partial charge >= 0.3 is 11.9 Å². The number of aliphatic hydroxyl groups excluding tert-OH is 1. The van der Waals surface area contributed by atoms with Gasteiger partial charge in [-0.1, -0.05) is 125 Å². The van der Waals surface area contributed by atoms with E-state index >= 15 is 0 Å². The molecule has 0 heterocycles. The third-order valence-electron chi connectivity index (χ3n) is 7.00. The molecular weight excluding hydrogens is 548 g/mol. The fourth-order valence-electron chi connectivity index (χ4n) is 4.40. The lowest BCUT2D eigenvalue weighted by molar-refractivity contribution is -0.161. The molecule has 0 rings (SSSR count). The first-order chi connectivity index (χ1) is 21.6. The average molecular weight is 613 g/mol. The van der Waals surface area contributed by atoms with Crippen molar-refractivity contribution >= 4 is 11.9 Å². The number of aliphatic hydroxyl groups is 1. The smallest absolute Gasteiger partial charge is 0.306 e. The summed E-state index contributed by atoms with van der Waals surface area (Å²) in [6.07, 6.45) is 45.2. The second-order valence-corrected chi connectivity index (χ2v) is 11.2. The zero-order valence-electron chi connectivity index (χ0n) is 28.1. The lowest BCUT2D eigenvalue weighted by Crippen LogP contribution is -2.28. The van der Waals surface area contributed by atoms with Gasteiger partial charge in [0.25, 0.3) is 0 Å². The van der Waals surface area contributed by atoms with Crippen LogP contribution in [0.5, 0.6) is 0 Å². The number of rotatable bonds is 30. The quantitative estimate of drug-likeness (QED) is 0.0496. The Morgan fingerprint density at radius 2 is 0.909 bits per heavy atom. The predicted octanol–water partition coefficient (Wildman–Crippen LogP) is 10.6. The summed E-state index contributed by atoms with van der Waals surface area (Å²) >= 11 is 0. The summed E-state index contributed by atoms with van der Waals surface area (Å²) in [5.41, 5.74) is 0. The van der Waals surface area contributed by atoms with E-state index in [0.717, 1.165) is 109 Å². The molecule has 5 heteroatoms. The first-order valence-electron chi connectivity index (χ1n) is 17.5. The summed E-state index contributed by atoms with van der Waals surface area (Å²) in [5.74, 6) is -0.640. The van der Waals surface area contributed by atoms with Crippen molar-refractivity contribution < 1.29 is 24.2 Å². The number of carbonyl (C=O) groups excluding carboxylic acids is 2. The lowest BCUT2D eigenvalue weighted by Gasteiger charge is -2.15. The first kappa shape index (κ1) is 41.3. The van der Waals surface area contributed by atoms with Gasteiger partial charge in [-0.3, -0.25) is 9.59 Å². The molecule has 0 aliphatic rings. The predicted molar refractivity (Wildman–Crippen MR) is 186 cm³/mol. The molecule has 250 valence electrons. The molecule has 1 unspecified atom stereocenters. The molecule has 44 heavy (non-hydrogen) atoms. The maximum atomic E-state index is 12.1. The van der Waals surface area contributed by atoms with E-state index in [2.05, 4.69) is 86.8 Å². The van der Waals surface area contributed by atoms with Crippen molar-refractivity contribution in [1.82, 2.24) is 0 Å². The Morgan fingerprint density at radius 1 is 0.523 bits per heavy atom. The molecule has 1 N–H and O–H groups in total. The van der Waals surface area contributed by atoms with Gasteiger partial charge in [0.2, 0.25) is 0 Å². The number of ether oxygens (including phenoxy) is 2. The number of esters is 2. The van der Waals surface area contributed by atoms with Crippen molar-refractivity contribution in [1.29, 1.82) is 0 Å². The van der Waals surface area contributed by atoms with Crippen molar-refractivity contribution in [2.24, 2.45) is 0 Å². The van der Waals surface area contributed by atoms with E-state index < -0.39 is 6.10 Å². The van der Waals surface area contributed by atoms with Crippen LogP contribution in [0.3, 0.4) is 0 Å². The van der Waals surface area contributed by atoms with Gasteiger partial charge in [0.05, 0.1) is 6.61 Å². The summed E-state index contributed by atoms with van der Waals surface area (Å²) in [6, 6.07) is 0. The molecule has 0 saturated carbocycles. The molecule has 0 aliphatic heterocycles. The number of carbonyl (C=O) groups is 2. The van der Waals surface area contributed by atoms with Crippen LogP contribution in [-0.4, -0.2) is 36.4 Å². The molecule has 0 amide bonds. The highest BCUT2D eigenvalue weighted by atomic mass is 16.6. The third-order valence-corrected chi connectivity index (χ3v) is 7.00. The van der Waals surface area contributed by atoms with Crippen molar-refractivity contribution in [3.8, 4) is 0 Å². The molecule has 0 aromatic heterocycles. The van der Waals surface area contributed by atoms with E-state index in [1.807, 2.05) is 0 Å². The summed E-state index contributed by atoms with van der Waals surface area (Å²) in [6.45, 7) is 3.86. The fourth-order valence-corrected chi connectivity index (χ4v) is 4.40. The van der Waals surface area contributed by atoms with Crippen LogP contribution in [0.15, 0.2) is 72.9 Å². The molecule has 1 atom stereocenters. The summed E-state index contributed by atoms with van der Waals surface area (Å²) in [7, 11) is 0. The van der Waals surface area contributed by atoms with E-state index in [1.165, 1.54) is 6.42 Å². The molecule has 0 aliphatic carbocycles. The van der Waals surface area contributed by atoms with Gasteiger partial charge in [-0.15, -0.1) is 0 Å². The molecule has 0 bridgehead atoms. The Balaban J connectivity index is 3.67. The van der Waals surface area contributed by atoms with Gasteiger partial charge in [0.15, 0.2) is 6.10 Å². The van der Waals surface area contributed by atoms with Crippen LogP contribution in [0.4, 0.5) is 0 Å². The highest BCUT2D eigenvalue weighted by Gasteiger charge is 2.16. The van der Waals surface area contributed by atoms with Gasteiger partial charge in [-0.25, -0.2) is 0 Å². The van der Waals surface area contributed by atoms with Crippen LogP contribution in [0.2, 0.25) is 0 Å². The van der Waals surface area contributed by atoms with Gasteiger partial charge in [-0.05, 0) is 77.0 Å². The van der Waals surface area contributed by atoms with Crippen LogP contribution >= 0.6 is 0 Å². The van der Waals surface area contributed by atoms with Crippen LogP contribution in [-0.2, 0) is 19.1 Å². The van der Waals surface area contributed by atoms with Crippen LogP contribution in [0.25, 0.3) is 0 Å². The minimum Gasteiger partial charge on any atom is -0.462 e. The minimum atomic E-state index is -0.790. The minimum absolute atomic E-state index is 0.0861. The molecule has 5 nitrogen and oxygen atoms in total. The molecule has 0 saturated heterocycles. The zero-order valence-corrected chi connectivity index (χ0v) is 28.1. The number of unbranched alkanes of at least 4 members (excludes halogenated alkanes) is 10. The van der Waals surface area contributed by atoms with Crippen molar-refractivity contribution in [3.05, 3.63) is 72.9 Å². The SMILES string of the molecule is CCC=CCC=CCC=CCCCCCCCC(=O)OCC(CO)OC(=O)CCCCCCCC=CCC=CCC=CCC. The van der Waals surface area contributed by atoms with E-state index in [-0.39, 0.29) is 25.2 Å². The number of hydrogen-bond acceptors (Lipinski definition) is 5. The average Bonchev–Trinajstić information content (AvgIpc) is 3.02. The highest BCUT2D eigenvalue weighted by molar-refractivity contribution is 5.70. The maximum Gasteiger partial charge on any atom is 0.306 e. The topological polar surface area (TPSA) is 72.8 Å². The zero-order chi connectivity index (χ0) is 32.2. The van der Waals surface area contributed by atoms with E-state index in [1.54, 1.807) is 0 Å².